The van der Waals surface area contributed by atoms with E-state index >= 15 is 0 Å². The van der Waals surface area contributed by atoms with E-state index in [1.165, 1.54) is 0 Å². The van der Waals surface area contributed by atoms with Crippen LogP contribution in [-0.2, 0) is 16.1 Å². The minimum Gasteiger partial charge on any atom is -0.480 e. The van der Waals surface area contributed by atoms with Crippen molar-refractivity contribution in [3.63, 3.8) is 0 Å². The molecule has 0 fully saturated rings. The van der Waals surface area contributed by atoms with Gasteiger partial charge in [-0.15, -0.1) is 0 Å². The lowest BCUT2D eigenvalue weighted by molar-refractivity contribution is -0.135. The molecule has 0 aliphatic carbocycles. The monoisotopic (exact) mass is 368 g/mol. The van der Waals surface area contributed by atoms with Crippen molar-refractivity contribution in [3.05, 3.63) is 77.4 Å². The lowest BCUT2D eigenvalue weighted by atomic mass is 10.1. The highest BCUT2D eigenvalue weighted by Gasteiger charge is 2.10. The van der Waals surface area contributed by atoms with Gasteiger partial charge in [-0.05, 0) is 17.2 Å². The van der Waals surface area contributed by atoms with Crippen LogP contribution in [0.1, 0.15) is 21.5 Å². The Morgan fingerprint density at radius 1 is 0.963 bits per heavy atom. The normalized spacial score (nSPS) is 10.4. The van der Waals surface area contributed by atoms with Gasteiger partial charge in [0.15, 0.2) is 0 Å². The van der Waals surface area contributed by atoms with Gasteiger partial charge in [0.2, 0.25) is 0 Å². The Morgan fingerprint density at radius 2 is 1.67 bits per heavy atom. The predicted molar refractivity (Wildman–Crippen MR) is 100 cm³/mol. The van der Waals surface area contributed by atoms with Crippen LogP contribution in [0.5, 0.6) is 0 Å². The molecular formula is C20H20N2O5. The van der Waals surface area contributed by atoms with Gasteiger partial charge in [-0.1, -0.05) is 60.7 Å². The van der Waals surface area contributed by atoms with Crippen LogP contribution in [0.25, 0.3) is 6.08 Å². The first-order valence-electron chi connectivity index (χ1n) is 8.26. The van der Waals surface area contributed by atoms with Gasteiger partial charge in [-0.25, -0.2) is 4.79 Å². The highest BCUT2D eigenvalue weighted by atomic mass is 16.5. The van der Waals surface area contributed by atoms with Crippen molar-refractivity contribution >= 4 is 24.0 Å². The largest absolute Gasteiger partial charge is 0.480 e. The Kier molecular flexibility index (Phi) is 7.59. The molecule has 0 saturated heterocycles. The van der Waals surface area contributed by atoms with Crippen molar-refractivity contribution < 1.29 is 24.2 Å². The first kappa shape index (κ1) is 19.7. The number of hydrogen-bond acceptors (Lipinski definition) is 4. The number of carbonyl (C=O) groups is 3. The van der Waals surface area contributed by atoms with Gasteiger partial charge in [-0.2, -0.15) is 0 Å². The van der Waals surface area contributed by atoms with Gasteiger partial charge in [0.25, 0.3) is 5.91 Å². The van der Waals surface area contributed by atoms with Crippen LogP contribution < -0.4 is 10.6 Å². The average molecular weight is 368 g/mol. The number of hydrogen-bond donors (Lipinski definition) is 3. The molecule has 2 rings (SSSR count). The van der Waals surface area contributed by atoms with E-state index in [1.54, 1.807) is 36.4 Å². The third-order valence-corrected chi connectivity index (χ3v) is 3.48. The molecule has 0 aromatic heterocycles. The number of carboxylic acid groups (broad SMARTS) is 1. The SMILES string of the molecule is O=C(O)CNC(=O)c1ccccc1C=CCNC(=O)OCc1ccccc1. The summed E-state index contributed by atoms with van der Waals surface area (Å²) in [7, 11) is 0. The molecule has 7 nitrogen and oxygen atoms in total. The quantitative estimate of drug-likeness (QED) is 0.664. The first-order valence-corrected chi connectivity index (χ1v) is 8.26. The second kappa shape index (κ2) is 10.4. The van der Waals surface area contributed by atoms with Crippen molar-refractivity contribution in [2.45, 2.75) is 6.61 Å². The number of benzene rings is 2. The minimum absolute atomic E-state index is 0.184. The fraction of sp³-hybridized carbons (Fsp3) is 0.150. The highest BCUT2D eigenvalue weighted by Crippen LogP contribution is 2.10. The maximum absolute atomic E-state index is 12.0. The molecule has 3 N–H and O–H groups in total. The number of aliphatic carboxylic acids is 1. The molecule has 0 radical (unpaired) electrons. The summed E-state index contributed by atoms with van der Waals surface area (Å²) in [5.74, 6) is -1.59. The van der Waals surface area contributed by atoms with E-state index < -0.39 is 24.5 Å². The molecule has 27 heavy (non-hydrogen) atoms. The molecule has 0 bridgehead atoms. The molecule has 0 aliphatic heterocycles. The van der Waals surface area contributed by atoms with Crippen LogP contribution in [0.3, 0.4) is 0 Å². The standard InChI is InChI=1S/C20H20N2O5/c23-18(24)13-22-19(25)17-11-5-4-9-16(17)10-6-12-21-20(26)27-14-15-7-2-1-3-8-15/h1-11H,12-14H2,(H,21,26)(H,22,25)(H,23,24). The Labute approximate surface area is 156 Å². The molecule has 0 spiro atoms. The maximum Gasteiger partial charge on any atom is 0.407 e. The summed E-state index contributed by atoms with van der Waals surface area (Å²) in [6, 6.07) is 16.1. The molecule has 7 heteroatoms. The summed E-state index contributed by atoms with van der Waals surface area (Å²) in [4.78, 5) is 34.3. The van der Waals surface area contributed by atoms with E-state index in [0.717, 1.165) is 5.56 Å². The van der Waals surface area contributed by atoms with Crippen molar-refractivity contribution in [1.82, 2.24) is 10.6 Å². The summed E-state index contributed by atoms with van der Waals surface area (Å²) in [6.45, 7) is -0.0482. The lowest BCUT2D eigenvalue weighted by Crippen LogP contribution is -2.29. The van der Waals surface area contributed by atoms with Crippen LogP contribution in [0, 0.1) is 0 Å². The zero-order chi connectivity index (χ0) is 19.5. The van der Waals surface area contributed by atoms with E-state index in [0.29, 0.717) is 11.1 Å². The van der Waals surface area contributed by atoms with Crippen LogP contribution in [-0.4, -0.2) is 36.2 Å². The molecular weight excluding hydrogens is 348 g/mol. The Morgan fingerprint density at radius 3 is 2.41 bits per heavy atom. The predicted octanol–water partition coefficient (Wildman–Crippen LogP) is 2.44. The van der Waals surface area contributed by atoms with Gasteiger partial charge in [0.1, 0.15) is 13.2 Å². The molecule has 2 amide bonds. The van der Waals surface area contributed by atoms with E-state index in [9.17, 15) is 14.4 Å². The number of alkyl carbamates (subject to hydrolysis) is 1. The number of amides is 2. The fourth-order valence-electron chi connectivity index (χ4n) is 2.20. The molecule has 0 unspecified atom stereocenters. The number of ether oxygens (including phenoxy) is 1. The second-order valence-corrected chi connectivity index (χ2v) is 5.51. The third kappa shape index (κ3) is 7.03. The molecule has 2 aromatic rings. The molecule has 140 valence electrons. The van der Waals surface area contributed by atoms with Crippen LogP contribution in [0.4, 0.5) is 4.79 Å². The molecule has 0 saturated carbocycles. The van der Waals surface area contributed by atoms with Crippen LogP contribution >= 0.6 is 0 Å². The average Bonchev–Trinajstić information content (AvgIpc) is 2.69. The summed E-state index contributed by atoms with van der Waals surface area (Å²) in [5.41, 5.74) is 1.85. The maximum atomic E-state index is 12.0. The zero-order valence-electron chi connectivity index (χ0n) is 14.6. The van der Waals surface area contributed by atoms with Crippen molar-refractivity contribution in [2.75, 3.05) is 13.1 Å². The number of nitrogens with one attached hydrogen (secondary N) is 2. The number of carbonyl (C=O) groups excluding carboxylic acids is 2. The van der Waals surface area contributed by atoms with Gasteiger partial charge in [0, 0.05) is 12.1 Å². The fourth-order valence-corrected chi connectivity index (χ4v) is 2.20. The minimum atomic E-state index is -1.12. The second-order valence-electron chi connectivity index (χ2n) is 5.51. The Balaban J connectivity index is 1.82. The zero-order valence-corrected chi connectivity index (χ0v) is 14.6. The van der Waals surface area contributed by atoms with E-state index in [-0.39, 0.29) is 13.2 Å². The smallest absolute Gasteiger partial charge is 0.407 e. The van der Waals surface area contributed by atoms with E-state index in [4.69, 9.17) is 9.84 Å². The Hall–Kier alpha value is -3.61. The first-order chi connectivity index (χ1) is 13.1. The molecule has 2 aromatic carbocycles. The van der Waals surface area contributed by atoms with E-state index in [2.05, 4.69) is 10.6 Å². The number of carboxylic acids is 1. The van der Waals surface area contributed by atoms with Gasteiger partial charge >= 0.3 is 12.1 Å². The van der Waals surface area contributed by atoms with Crippen LogP contribution in [0.2, 0.25) is 0 Å². The summed E-state index contributed by atoms with van der Waals surface area (Å²) in [6.07, 6.45) is 2.80. The Bertz CT molecular complexity index is 818. The van der Waals surface area contributed by atoms with E-state index in [1.807, 2.05) is 30.3 Å². The summed E-state index contributed by atoms with van der Waals surface area (Å²) >= 11 is 0. The van der Waals surface area contributed by atoms with Gasteiger partial charge in [-0.3, -0.25) is 9.59 Å². The lowest BCUT2D eigenvalue weighted by Gasteiger charge is -2.07. The molecule has 0 aliphatic rings. The summed E-state index contributed by atoms with van der Waals surface area (Å²) < 4.78 is 5.09. The number of rotatable bonds is 8. The van der Waals surface area contributed by atoms with Crippen molar-refractivity contribution in [2.24, 2.45) is 0 Å². The van der Waals surface area contributed by atoms with Crippen molar-refractivity contribution in [3.8, 4) is 0 Å². The third-order valence-electron chi connectivity index (χ3n) is 3.48. The molecule has 0 atom stereocenters. The highest BCUT2D eigenvalue weighted by molar-refractivity contribution is 5.99. The van der Waals surface area contributed by atoms with Crippen LogP contribution in [0.15, 0.2) is 60.7 Å². The van der Waals surface area contributed by atoms with Crippen molar-refractivity contribution in [1.29, 1.82) is 0 Å². The topological polar surface area (TPSA) is 105 Å². The summed E-state index contributed by atoms with van der Waals surface area (Å²) in [5, 5.41) is 13.5. The van der Waals surface area contributed by atoms with Gasteiger partial charge < -0.3 is 20.5 Å². The molecule has 0 heterocycles. The van der Waals surface area contributed by atoms with Gasteiger partial charge in [0.05, 0.1) is 0 Å².